The van der Waals surface area contributed by atoms with Gasteiger partial charge in [-0.3, -0.25) is 9.78 Å². The number of imidazole rings is 1. The standard InChI is InChI=1S/C22H23Cl2N3O5S/c1-14(2)21-22(33(29,30)32-18-11-15(23)10-16(24)12-18)27(13-17-6-4-5-9-25-17)19(26-21)7-8-20(28)31-3/h4-6,9-12,14H,7-8,13H2,1-3H3. The van der Waals surface area contributed by atoms with E-state index in [9.17, 15) is 13.2 Å². The second kappa shape index (κ2) is 10.5. The molecule has 0 amide bonds. The van der Waals surface area contributed by atoms with Crippen molar-refractivity contribution in [2.75, 3.05) is 7.11 Å². The van der Waals surface area contributed by atoms with E-state index >= 15 is 0 Å². The highest BCUT2D eigenvalue weighted by Gasteiger charge is 2.32. The molecule has 33 heavy (non-hydrogen) atoms. The minimum Gasteiger partial charge on any atom is -0.469 e. The molecule has 0 radical (unpaired) electrons. The molecule has 0 aliphatic carbocycles. The molecule has 0 aliphatic rings. The topological polar surface area (TPSA) is 100 Å². The van der Waals surface area contributed by atoms with Crippen molar-refractivity contribution >= 4 is 39.3 Å². The van der Waals surface area contributed by atoms with Crippen molar-refractivity contribution in [1.82, 2.24) is 14.5 Å². The SMILES string of the molecule is COC(=O)CCc1nc(C(C)C)c(S(=O)(=O)Oc2cc(Cl)cc(Cl)c2)n1Cc1ccccn1. The largest absolute Gasteiger partial charge is 0.469 e. The fourth-order valence-electron chi connectivity index (χ4n) is 3.21. The van der Waals surface area contributed by atoms with Crippen LogP contribution in [0.15, 0.2) is 47.6 Å². The Hall–Kier alpha value is -2.62. The Balaban J connectivity index is 2.13. The van der Waals surface area contributed by atoms with Crippen LogP contribution in [-0.4, -0.2) is 36.0 Å². The van der Waals surface area contributed by atoms with Gasteiger partial charge in [-0.05, 0) is 24.1 Å². The number of ether oxygens (including phenoxy) is 1. The maximum absolute atomic E-state index is 13.5. The maximum Gasteiger partial charge on any atom is 0.357 e. The number of aryl methyl sites for hydroxylation is 1. The fourth-order valence-corrected chi connectivity index (χ4v) is 5.12. The van der Waals surface area contributed by atoms with Crippen LogP contribution in [-0.2, 0) is 32.6 Å². The molecular weight excluding hydrogens is 489 g/mol. The van der Waals surface area contributed by atoms with Crippen LogP contribution in [0.5, 0.6) is 5.75 Å². The number of esters is 1. The van der Waals surface area contributed by atoms with Crippen molar-refractivity contribution < 1.29 is 22.1 Å². The predicted molar refractivity (Wildman–Crippen MR) is 124 cm³/mol. The minimum absolute atomic E-state index is 0.0242. The molecule has 0 saturated heterocycles. The van der Waals surface area contributed by atoms with Gasteiger partial charge in [0.2, 0.25) is 0 Å². The number of hydrogen-bond acceptors (Lipinski definition) is 7. The lowest BCUT2D eigenvalue weighted by atomic mass is 10.1. The van der Waals surface area contributed by atoms with Crippen molar-refractivity contribution in [1.29, 1.82) is 0 Å². The average molecular weight is 512 g/mol. The third-order valence-electron chi connectivity index (χ3n) is 4.68. The summed E-state index contributed by atoms with van der Waals surface area (Å²) in [6, 6.07) is 9.52. The Labute approximate surface area is 202 Å². The van der Waals surface area contributed by atoms with Crippen LogP contribution >= 0.6 is 23.2 Å². The van der Waals surface area contributed by atoms with Crippen molar-refractivity contribution in [3.05, 3.63) is 69.9 Å². The number of methoxy groups -OCH3 is 1. The minimum atomic E-state index is -4.36. The van der Waals surface area contributed by atoms with E-state index in [2.05, 4.69) is 9.97 Å². The summed E-state index contributed by atoms with van der Waals surface area (Å²) in [7, 11) is -3.06. The number of hydrogen-bond donors (Lipinski definition) is 0. The summed E-state index contributed by atoms with van der Waals surface area (Å²) < 4.78 is 38.6. The average Bonchev–Trinajstić information content (AvgIpc) is 3.11. The molecule has 0 atom stereocenters. The Bertz CT molecular complexity index is 1220. The molecule has 0 bridgehead atoms. The summed E-state index contributed by atoms with van der Waals surface area (Å²) in [5, 5.41) is 0.356. The number of benzene rings is 1. The van der Waals surface area contributed by atoms with Gasteiger partial charge in [-0.25, -0.2) is 4.98 Å². The molecule has 176 valence electrons. The molecule has 0 saturated carbocycles. The molecule has 0 spiro atoms. The van der Waals surface area contributed by atoms with Crippen molar-refractivity contribution in [2.45, 2.75) is 44.2 Å². The highest BCUT2D eigenvalue weighted by molar-refractivity contribution is 7.87. The molecule has 0 aliphatic heterocycles. The summed E-state index contributed by atoms with van der Waals surface area (Å²) >= 11 is 12.0. The number of aromatic nitrogens is 3. The molecule has 0 unspecified atom stereocenters. The van der Waals surface area contributed by atoms with E-state index in [1.54, 1.807) is 24.4 Å². The Morgan fingerprint density at radius 3 is 2.42 bits per heavy atom. The summed E-state index contributed by atoms with van der Waals surface area (Å²) in [5.41, 5.74) is 0.936. The van der Waals surface area contributed by atoms with Crippen molar-refractivity contribution in [3.63, 3.8) is 0 Å². The molecule has 3 aromatic rings. The molecule has 2 heterocycles. The summed E-state index contributed by atoms with van der Waals surface area (Å²) in [6.45, 7) is 3.77. The molecule has 0 N–H and O–H groups in total. The maximum atomic E-state index is 13.5. The molecule has 8 nitrogen and oxygen atoms in total. The van der Waals surface area contributed by atoms with Gasteiger partial charge in [-0.2, -0.15) is 8.42 Å². The normalized spacial score (nSPS) is 11.6. The van der Waals surface area contributed by atoms with Gasteiger partial charge in [0.05, 0.1) is 31.5 Å². The smallest absolute Gasteiger partial charge is 0.357 e. The fraction of sp³-hybridized carbons (Fsp3) is 0.318. The summed E-state index contributed by atoms with van der Waals surface area (Å²) in [6.07, 6.45) is 1.83. The van der Waals surface area contributed by atoms with Crippen LogP contribution in [0.4, 0.5) is 0 Å². The zero-order valence-corrected chi connectivity index (χ0v) is 20.6. The lowest BCUT2D eigenvalue weighted by Crippen LogP contribution is -2.19. The predicted octanol–water partition coefficient (Wildman–Crippen LogP) is 4.63. The highest BCUT2D eigenvalue weighted by atomic mass is 35.5. The number of carbonyl (C=O) groups is 1. The molecule has 1 aromatic carbocycles. The molecule has 2 aromatic heterocycles. The third kappa shape index (κ3) is 6.25. The number of halogens is 2. The van der Waals surface area contributed by atoms with Gasteiger partial charge in [0, 0.05) is 34.8 Å². The van der Waals surface area contributed by atoms with E-state index in [4.69, 9.17) is 32.1 Å². The zero-order chi connectivity index (χ0) is 24.2. The Kier molecular flexibility index (Phi) is 7.99. The monoisotopic (exact) mass is 511 g/mol. The van der Waals surface area contributed by atoms with E-state index in [0.717, 1.165) is 0 Å². The summed E-state index contributed by atoms with van der Waals surface area (Å²) in [4.78, 5) is 20.6. The lowest BCUT2D eigenvalue weighted by molar-refractivity contribution is -0.140. The second-order valence-electron chi connectivity index (χ2n) is 7.50. The van der Waals surface area contributed by atoms with Gasteiger partial charge < -0.3 is 13.5 Å². The van der Waals surface area contributed by atoms with Crippen LogP contribution in [0.2, 0.25) is 10.0 Å². The van der Waals surface area contributed by atoms with Gasteiger partial charge in [0.15, 0.2) is 5.03 Å². The van der Waals surface area contributed by atoms with E-state index in [1.807, 2.05) is 13.8 Å². The van der Waals surface area contributed by atoms with Crippen molar-refractivity contribution in [2.24, 2.45) is 0 Å². The van der Waals surface area contributed by atoms with Gasteiger partial charge in [-0.1, -0.05) is 43.1 Å². The number of carbonyl (C=O) groups excluding carboxylic acids is 1. The van der Waals surface area contributed by atoms with E-state index in [0.29, 0.717) is 17.2 Å². The van der Waals surface area contributed by atoms with Crippen LogP contribution in [0, 0.1) is 0 Å². The van der Waals surface area contributed by atoms with Crippen LogP contribution in [0.25, 0.3) is 0 Å². The van der Waals surface area contributed by atoms with Crippen LogP contribution < -0.4 is 4.18 Å². The first-order valence-corrected chi connectivity index (χ1v) is 12.2. The first-order valence-electron chi connectivity index (χ1n) is 10.1. The molecule has 3 rings (SSSR count). The van der Waals surface area contributed by atoms with Crippen molar-refractivity contribution in [3.8, 4) is 5.75 Å². The lowest BCUT2D eigenvalue weighted by Gasteiger charge is -2.14. The molecular formula is C22H23Cl2N3O5S. The highest BCUT2D eigenvalue weighted by Crippen LogP contribution is 2.31. The first kappa shape index (κ1) is 25.0. The second-order valence-corrected chi connectivity index (χ2v) is 9.83. The summed E-state index contributed by atoms with van der Waals surface area (Å²) in [5.74, 6) is -0.296. The Morgan fingerprint density at radius 1 is 1.15 bits per heavy atom. The zero-order valence-electron chi connectivity index (χ0n) is 18.3. The van der Waals surface area contributed by atoms with Crippen LogP contribution in [0.1, 0.15) is 43.4 Å². The van der Waals surface area contributed by atoms with Gasteiger partial charge in [-0.15, -0.1) is 0 Å². The van der Waals surface area contributed by atoms with Gasteiger partial charge >= 0.3 is 16.1 Å². The van der Waals surface area contributed by atoms with Crippen LogP contribution in [0.3, 0.4) is 0 Å². The number of pyridine rings is 1. The number of nitrogens with zero attached hydrogens (tertiary/aromatic N) is 3. The molecule has 11 heteroatoms. The van der Waals surface area contributed by atoms with E-state index in [-0.39, 0.29) is 46.1 Å². The number of rotatable bonds is 9. The Morgan fingerprint density at radius 2 is 1.85 bits per heavy atom. The molecule has 0 fully saturated rings. The quantitative estimate of drug-likeness (QED) is 0.304. The first-order chi connectivity index (χ1) is 15.6. The third-order valence-corrected chi connectivity index (χ3v) is 6.43. The van der Waals surface area contributed by atoms with Gasteiger partial charge in [0.1, 0.15) is 11.6 Å². The van der Waals surface area contributed by atoms with Gasteiger partial charge in [0.25, 0.3) is 0 Å². The van der Waals surface area contributed by atoms with E-state index < -0.39 is 16.1 Å². The van der Waals surface area contributed by atoms with E-state index in [1.165, 1.54) is 29.9 Å².